The van der Waals surface area contributed by atoms with Gasteiger partial charge in [-0.25, -0.2) is 4.98 Å². The molecule has 0 aliphatic heterocycles. The molecule has 1 atom stereocenters. The Morgan fingerprint density at radius 3 is 2.76 bits per heavy atom. The van der Waals surface area contributed by atoms with Gasteiger partial charge in [0, 0.05) is 18.2 Å². The first-order valence-corrected chi connectivity index (χ1v) is 8.24. The summed E-state index contributed by atoms with van der Waals surface area (Å²) in [4.78, 5) is 4.46. The van der Waals surface area contributed by atoms with Gasteiger partial charge in [-0.3, -0.25) is 0 Å². The highest BCUT2D eigenvalue weighted by molar-refractivity contribution is 8.00. The van der Waals surface area contributed by atoms with Crippen molar-refractivity contribution in [2.45, 2.75) is 56.8 Å². The minimum absolute atomic E-state index is 0.682. The topological polar surface area (TPSA) is 37.8 Å². The van der Waals surface area contributed by atoms with Crippen molar-refractivity contribution in [1.82, 2.24) is 14.7 Å². The van der Waals surface area contributed by atoms with Gasteiger partial charge in [0.2, 0.25) is 0 Å². The number of aryl methyl sites for hydroxylation is 1. The molecule has 0 bridgehead atoms. The molecule has 5 heteroatoms. The van der Waals surface area contributed by atoms with Crippen molar-refractivity contribution < 1.29 is 0 Å². The third-order valence-corrected chi connectivity index (χ3v) is 4.63. The van der Waals surface area contributed by atoms with Crippen LogP contribution >= 0.6 is 23.3 Å². The van der Waals surface area contributed by atoms with Gasteiger partial charge in [-0.1, -0.05) is 32.5 Å². The van der Waals surface area contributed by atoms with E-state index < -0.39 is 0 Å². The Balaban J connectivity index is 2.14. The van der Waals surface area contributed by atoms with E-state index in [0.717, 1.165) is 28.9 Å². The van der Waals surface area contributed by atoms with Crippen LogP contribution in [0.5, 0.6) is 0 Å². The van der Waals surface area contributed by atoms with Crippen LogP contribution in [0.4, 0.5) is 0 Å². The molecule has 0 fully saturated rings. The summed E-state index contributed by atoms with van der Waals surface area (Å²) in [6, 6.07) is 0.682. The number of aromatic nitrogens is 2. The van der Waals surface area contributed by atoms with Gasteiger partial charge >= 0.3 is 0 Å². The van der Waals surface area contributed by atoms with Gasteiger partial charge in [0.05, 0.1) is 0 Å². The summed E-state index contributed by atoms with van der Waals surface area (Å²) in [5.41, 5.74) is 0. The van der Waals surface area contributed by atoms with Crippen LogP contribution in [-0.2, 0) is 6.42 Å². The molecule has 0 spiro atoms. The molecule has 1 rings (SSSR count). The van der Waals surface area contributed by atoms with Crippen molar-refractivity contribution in [2.75, 3.05) is 12.3 Å². The maximum Gasteiger partial charge on any atom is 0.170 e. The highest BCUT2D eigenvalue weighted by Gasteiger charge is 2.05. The molecule has 0 saturated carbocycles. The fraction of sp³-hybridized carbons (Fsp3) is 0.833. The Morgan fingerprint density at radius 1 is 1.35 bits per heavy atom. The van der Waals surface area contributed by atoms with Crippen molar-refractivity contribution in [3.8, 4) is 0 Å². The summed E-state index contributed by atoms with van der Waals surface area (Å²) in [7, 11) is 0. The van der Waals surface area contributed by atoms with Crippen LogP contribution < -0.4 is 5.32 Å². The molecule has 0 aromatic carbocycles. The normalized spacial score (nSPS) is 12.9. The first-order chi connectivity index (χ1) is 8.30. The molecule has 1 N–H and O–H groups in total. The van der Waals surface area contributed by atoms with E-state index in [9.17, 15) is 0 Å². The van der Waals surface area contributed by atoms with Gasteiger partial charge < -0.3 is 5.32 Å². The molecular formula is C12H23N3S2. The van der Waals surface area contributed by atoms with Crippen LogP contribution in [0.3, 0.4) is 0 Å². The minimum atomic E-state index is 0.682. The molecule has 98 valence electrons. The standard InChI is InChI=1S/C12H23N3S2/c1-4-10(13-6-3)8-7-9-16-12-14-11(5-2)15-17-12/h10,13H,4-9H2,1-3H3. The zero-order valence-corrected chi connectivity index (χ0v) is 12.7. The number of rotatable bonds is 9. The molecule has 1 heterocycles. The summed E-state index contributed by atoms with van der Waals surface area (Å²) < 4.78 is 5.41. The first-order valence-electron chi connectivity index (χ1n) is 6.48. The zero-order valence-electron chi connectivity index (χ0n) is 11.0. The number of nitrogens with zero attached hydrogens (tertiary/aromatic N) is 2. The summed E-state index contributed by atoms with van der Waals surface area (Å²) in [6.07, 6.45) is 4.67. The third kappa shape index (κ3) is 5.84. The smallest absolute Gasteiger partial charge is 0.170 e. The summed E-state index contributed by atoms with van der Waals surface area (Å²) in [5, 5.41) is 3.51. The number of nitrogens with one attached hydrogen (secondary N) is 1. The number of thioether (sulfide) groups is 1. The predicted octanol–water partition coefficient (Wildman–Crippen LogP) is 3.36. The van der Waals surface area contributed by atoms with E-state index in [1.165, 1.54) is 30.8 Å². The monoisotopic (exact) mass is 273 g/mol. The first kappa shape index (κ1) is 14.9. The van der Waals surface area contributed by atoms with Gasteiger partial charge in [0.1, 0.15) is 5.82 Å². The van der Waals surface area contributed by atoms with Crippen LogP contribution in [0.2, 0.25) is 0 Å². The largest absolute Gasteiger partial charge is 0.314 e. The summed E-state index contributed by atoms with van der Waals surface area (Å²) >= 11 is 3.38. The zero-order chi connectivity index (χ0) is 12.5. The maximum absolute atomic E-state index is 4.46. The lowest BCUT2D eigenvalue weighted by Gasteiger charge is -2.14. The molecule has 3 nitrogen and oxygen atoms in total. The summed E-state index contributed by atoms with van der Waals surface area (Å²) in [5.74, 6) is 2.14. The Labute approximate surface area is 113 Å². The van der Waals surface area contributed by atoms with Gasteiger partial charge in [-0.2, -0.15) is 4.37 Å². The average molecular weight is 273 g/mol. The van der Waals surface area contributed by atoms with E-state index in [1.54, 1.807) is 0 Å². The third-order valence-electron chi connectivity index (χ3n) is 2.67. The fourth-order valence-electron chi connectivity index (χ4n) is 1.67. The molecule has 0 amide bonds. The molecule has 0 radical (unpaired) electrons. The lowest BCUT2D eigenvalue weighted by molar-refractivity contribution is 0.477. The average Bonchev–Trinajstić information content (AvgIpc) is 2.81. The van der Waals surface area contributed by atoms with Crippen LogP contribution in [-0.4, -0.2) is 27.7 Å². The lowest BCUT2D eigenvalue weighted by atomic mass is 10.1. The van der Waals surface area contributed by atoms with Gasteiger partial charge in [0.25, 0.3) is 0 Å². The van der Waals surface area contributed by atoms with Crippen molar-refractivity contribution in [3.05, 3.63) is 5.82 Å². The molecule has 0 aliphatic carbocycles. The van der Waals surface area contributed by atoms with E-state index in [2.05, 4.69) is 35.4 Å². The van der Waals surface area contributed by atoms with Crippen LogP contribution in [0.15, 0.2) is 4.34 Å². The minimum Gasteiger partial charge on any atom is -0.314 e. The molecule has 1 aromatic rings. The molecule has 0 aliphatic rings. The van der Waals surface area contributed by atoms with Crippen LogP contribution in [0.1, 0.15) is 45.9 Å². The Bertz CT molecular complexity index is 302. The Kier molecular flexibility index (Phi) is 7.81. The second kappa shape index (κ2) is 8.89. The molecule has 1 unspecified atom stereocenters. The van der Waals surface area contributed by atoms with Crippen LogP contribution in [0, 0.1) is 0 Å². The van der Waals surface area contributed by atoms with Gasteiger partial charge in [0.15, 0.2) is 4.34 Å². The molecule has 17 heavy (non-hydrogen) atoms. The van der Waals surface area contributed by atoms with E-state index in [-0.39, 0.29) is 0 Å². The summed E-state index contributed by atoms with van der Waals surface area (Å²) in [6.45, 7) is 7.59. The van der Waals surface area contributed by atoms with E-state index >= 15 is 0 Å². The fourth-order valence-corrected chi connectivity index (χ4v) is 3.40. The predicted molar refractivity (Wildman–Crippen MR) is 77.0 cm³/mol. The van der Waals surface area contributed by atoms with Crippen LogP contribution in [0.25, 0.3) is 0 Å². The Hall–Kier alpha value is -0.130. The number of hydrogen-bond acceptors (Lipinski definition) is 5. The SMILES string of the molecule is CCNC(CC)CCCSc1nc(CC)ns1. The van der Waals surface area contributed by atoms with Crippen molar-refractivity contribution >= 4 is 23.3 Å². The maximum atomic E-state index is 4.46. The van der Waals surface area contributed by atoms with E-state index in [0.29, 0.717) is 6.04 Å². The molecule has 0 saturated heterocycles. The second-order valence-corrected chi connectivity index (χ2v) is 6.08. The van der Waals surface area contributed by atoms with Crippen molar-refractivity contribution in [2.24, 2.45) is 0 Å². The molecular weight excluding hydrogens is 250 g/mol. The van der Waals surface area contributed by atoms with Crippen molar-refractivity contribution in [1.29, 1.82) is 0 Å². The number of hydrogen-bond donors (Lipinski definition) is 1. The Morgan fingerprint density at radius 2 is 2.18 bits per heavy atom. The van der Waals surface area contributed by atoms with Gasteiger partial charge in [-0.15, -0.1) is 0 Å². The highest BCUT2D eigenvalue weighted by atomic mass is 32.2. The lowest BCUT2D eigenvalue weighted by Crippen LogP contribution is -2.28. The quantitative estimate of drug-likeness (QED) is 0.553. The molecule has 1 aromatic heterocycles. The van der Waals surface area contributed by atoms with Crippen molar-refractivity contribution in [3.63, 3.8) is 0 Å². The van der Waals surface area contributed by atoms with E-state index in [4.69, 9.17) is 0 Å². The second-order valence-electron chi connectivity index (χ2n) is 3.98. The highest BCUT2D eigenvalue weighted by Crippen LogP contribution is 2.21. The van der Waals surface area contributed by atoms with E-state index in [1.807, 2.05) is 11.8 Å². The van der Waals surface area contributed by atoms with Gasteiger partial charge in [-0.05, 0) is 37.3 Å².